The SMILES string of the molecule is O=C(CNc1nc2ccc(Sc3ccccc3)cn2n1)C1CCCCC1. The first-order chi connectivity index (χ1) is 12.8. The second-order valence-corrected chi connectivity index (χ2v) is 7.82. The average molecular weight is 366 g/mol. The second kappa shape index (κ2) is 7.91. The summed E-state index contributed by atoms with van der Waals surface area (Å²) in [5.74, 6) is 1.00. The Bertz CT molecular complexity index is 887. The molecule has 4 rings (SSSR count). The van der Waals surface area contributed by atoms with Crippen molar-refractivity contribution in [1.82, 2.24) is 14.6 Å². The number of nitrogens with zero attached hydrogens (tertiary/aromatic N) is 3. The van der Waals surface area contributed by atoms with Gasteiger partial charge in [0.2, 0.25) is 5.95 Å². The van der Waals surface area contributed by atoms with E-state index in [9.17, 15) is 4.79 Å². The van der Waals surface area contributed by atoms with Gasteiger partial charge >= 0.3 is 0 Å². The van der Waals surface area contributed by atoms with Crippen LogP contribution >= 0.6 is 11.8 Å². The molecule has 0 radical (unpaired) electrons. The maximum absolute atomic E-state index is 12.3. The maximum Gasteiger partial charge on any atom is 0.243 e. The number of rotatable bonds is 6. The van der Waals surface area contributed by atoms with E-state index in [4.69, 9.17) is 0 Å². The van der Waals surface area contributed by atoms with Gasteiger partial charge in [0.1, 0.15) is 0 Å². The predicted molar refractivity (Wildman–Crippen MR) is 104 cm³/mol. The number of aromatic nitrogens is 3. The smallest absolute Gasteiger partial charge is 0.243 e. The van der Waals surface area contributed by atoms with Crippen molar-refractivity contribution in [2.24, 2.45) is 5.92 Å². The third-order valence-corrected chi connectivity index (χ3v) is 5.75. The molecule has 2 aromatic heterocycles. The van der Waals surface area contributed by atoms with Gasteiger partial charge in [0.15, 0.2) is 11.4 Å². The van der Waals surface area contributed by atoms with Crippen molar-refractivity contribution in [1.29, 1.82) is 0 Å². The molecule has 1 N–H and O–H groups in total. The summed E-state index contributed by atoms with van der Waals surface area (Å²) in [5, 5.41) is 7.56. The predicted octanol–water partition coefficient (Wildman–Crippen LogP) is 4.44. The second-order valence-electron chi connectivity index (χ2n) is 6.67. The van der Waals surface area contributed by atoms with E-state index in [-0.39, 0.29) is 11.7 Å². The summed E-state index contributed by atoms with van der Waals surface area (Å²) >= 11 is 1.69. The van der Waals surface area contributed by atoms with Crippen LogP contribution in [0.1, 0.15) is 32.1 Å². The first-order valence-corrected chi connectivity index (χ1v) is 9.95. The molecule has 0 unspecified atom stereocenters. The highest BCUT2D eigenvalue weighted by molar-refractivity contribution is 7.99. The number of benzene rings is 1. The molecule has 1 aliphatic rings. The van der Waals surface area contributed by atoms with Crippen molar-refractivity contribution in [3.8, 4) is 0 Å². The summed E-state index contributed by atoms with van der Waals surface area (Å²) < 4.78 is 1.76. The van der Waals surface area contributed by atoms with E-state index in [1.807, 2.05) is 36.5 Å². The fourth-order valence-corrected chi connectivity index (χ4v) is 4.21. The van der Waals surface area contributed by atoms with Gasteiger partial charge < -0.3 is 5.32 Å². The van der Waals surface area contributed by atoms with Gasteiger partial charge in [-0.2, -0.15) is 4.98 Å². The number of hydrogen-bond donors (Lipinski definition) is 1. The zero-order valence-corrected chi connectivity index (χ0v) is 15.4. The van der Waals surface area contributed by atoms with Crippen molar-refractivity contribution in [2.75, 3.05) is 11.9 Å². The van der Waals surface area contributed by atoms with Gasteiger partial charge in [-0.25, -0.2) is 4.52 Å². The van der Waals surface area contributed by atoms with Gasteiger partial charge in [0.05, 0.1) is 6.54 Å². The van der Waals surface area contributed by atoms with E-state index < -0.39 is 0 Å². The Labute approximate surface area is 157 Å². The number of carbonyl (C=O) groups is 1. The molecule has 0 aliphatic heterocycles. The van der Waals surface area contributed by atoms with Gasteiger partial charge in [-0.1, -0.05) is 49.2 Å². The van der Waals surface area contributed by atoms with E-state index in [1.165, 1.54) is 24.2 Å². The molecule has 134 valence electrons. The fourth-order valence-electron chi connectivity index (χ4n) is 3.36. The minimum absolute atomic E-state index is 0.210. The van der Waals surface area contributed by atoms with Crippen molar-refractivity contribution < 1.29 is 4.79 Å². The molecule has 26 heavy (non-hydrogen) atoms. The monoisotopic (exact) mass is 366 g/mol. The lowest BCUT2D eigenvalue weighted by atomic mass is 9.86. The molecule has 2 heterocycles. The molecule has 6 heteroatoms. The Morgan fingerprint density at radius 1 is 1.08 bits per heavy atom. The van der Waals surface area contributed by atoms with E-state index in [0.717, 1.165) is 23.4 Å². The lowest BCUT2D eigenvalue weighted by Gasteiger charge is -2.20. The number of carbonyl (C=O) groups excluding carboxylic acids is 1. The van der Waals surface area contributed by atoms with Crippen molar-refractivity contribution >= 4 is 29.1 Å². The third-order valence-electron chi connectivity index (χ3n) is 4.76. The first-order valence-electron chi connectivity index (χ1n) is 9.14. The Hall–Kier alpha value is -2.34. The van der Waals surface area contributed by atoms with Gasteiger partial charge in [0.25, 0.3) is 0 Å². The number of fused-ring (bicyclic) bond motifs is 1. The molecule has 1 fully saturated rings. The molecule has 5 nitrogen and oxygen atoms in total. The van der Waals surface area contributed by atoms with Crippen LogP contribution in [0.4, 0.5) is 5.95 Å². The van der Waals surface area contributed by atoms with Crippen LogP contribution in [0.15, 0.2) is 58.5 Å². The number of hydrogen-bond acceptors (Lipinski definition) is 5. The third kappa shape index (κ3) is 4.07. The Kier molecular flexibility index (Phi) is 5.20. The lowest BCUT2D eigenvalue weighted by Crippen LogP contribution is -2.25. The number of Topliss-reactive ketones (excluding diaryl/α,β-unsaturated/α-hetero) is 1. The van der Waals surface area contributed by atoms with Gasteiger partial charge in [-0.3, -0.25) is 4.79 Å². The van der Waals surface area contributed by atoms with Gasteiger partial charge in [-0.15, -0.1) is 5.10 Å². The molecule has 1 aromatic carbocycles. The fraction of sp³-hybridized carbons (Fsp3) is 0.350. The molecule has 1 saturated carbocycles. The zero-order valence-electron chi connectivity index (χ0n) is 14.6. The summed E-state index contributed by atoms with van der Waals surface area (Å²) in [6.07, 6.45) is 7.62. The highest BCUT2D eigenvalue weighted by Gasteiger charge is 2.21. The first kappa shape index (κ1) is 17.1. The average Bonchev–Trinajstić information content (AvgIpc) is 3.10. The minimum Gasteiger partial charge on any atom is -0.346 e. The van der Waals surface area contributed by atoms with Crippen LogP contribution in [0, 0.1) is 5.92 Å². The minimum atomic E-state index is 0.210. The molecular weight excluding hydrogens is 344 g/mol. The summed E-state index contributed by atoms with van der Waals surface area (Å²) in [5.41, 5.74) is 0.773. The van der Waals surface area contributed by atoms with Crippen LogP contribution in [0.2, 0.25) is 0 Å². The van der Waals surface area contributed by atoms with E-state index in [0.29, 0.717) is 12.5 Å². The molecular formula is C20H22N4OS. The highest BCUT2D eigenvalue weighted by atomic mass is 32.2. The van der Waals surface area contributed by atoms with E-state index >= 15 is 0 Å². The quantitative estimate of drug-likeness (QED) is 0.699. The van der Waals surface area contributed by atoms with Crippen LogP contribution in [0.25, 0.3) is 5.65 Å². The number of ketones is 1. The van der Waals surface area contributed by atoms with E-state index in [2.05, 4.69) is 27.5 Å². The number of pyridine rings is 1. The maximum atomic E-state index is 12.3. The largest absolute Gasteiger partial charge is 0.346 e. The van der Waals surface area contributed by atoms with Crippen LogP contribution < -0.4 is 5.32 Å². The molecule has 0 bridgehead atoms. The van der Waals surface area contributed by atoms with Crippen LogP contribution in [0.5, 0.6) is 0 Å². The van der Waals surface area contributed by atoms with Crippen LogP contribution in [0.3, 0.4) is 0 Å². The van der Waals surface area contributed by atoms with Crippen molar-refractivity contribution in [3.05, 3.63) is 48.7 Å². The molecule has 3 aromatic rings. The van der Waals surface area contributed by atoms with Crippen molar-refractivity contribution in [3.63, 3.8) is 0 Å². The Morgan fingerprint density at radius 3 is 2.69 bits per heavy atom. The van der Waals surface area contributed by atoms with Gasteiger partial charge in [0, 0.05) is 21.9 Å². The van der Waals surface area contributed by atoms with Crippen LogP contribution in [-0.2, 0) is 4.79 Å². The summed E-state index contributed by atoms with van der Waals surface area (Å²) in [6, 6.07) is 14.2. The zero-order chi connectivity index (χ0) is 17.8. The summed E-state index contributed by atoms with van der Waals surface area (Å²) in [7, 11) is 0. The standard InChI is InChI=1S/C20H22N4OS/c25-18(15-7-3-1-4-8-15)13-21-20-22-19-12-11-17(14-24(19)23-20)26-16-9-5-2-6-10-16/h2,5-6,9-12,14-15H,1,3-4,7-8,13H2,(H,21,23). The molecule has 0 amide bonds. The summed E-state index contributed by atoms with van der Waals surface area (Å²) in [6.45, 7) is 0.313. The topological polar surface area (TPSA) is 59.3 Å². The molecule has 0 atom stereocenters. The highest BCUT2D eigenvalue weighted by Crippen LogP contribution is 2.27. The van der Waals surface area contributed by atoms with E-state index in [1.54, 1.807) is 16.3 Å². The lowest BCUT2D eigenvalue weighted by molar-refractivity contribution is -0.122. The summed E-state index contributed by atoms with van der Waals surface area (Å²) in [4.78, 5) is 19.1. The molecule has 1 aliphatic carbocycles. The Balaban J connectivity index is 1.41. The van der Waals surface area contributed by atoms with Gasteiger partial charge in [-0.05, 0) is 37.1 Å². The Morgan fingerprint density at radius 2 is 1.88 bits per heavy atom. The normalized spacial score (nSPS) is 15.2. The number of anilines is 1. The van der Waals surface area contributed by atoms with Crippen LogP contribution in [-0.4, -0.2) is 26.9 Å². The molecule has 0 saturated heterocycles. The number of nitrogens with one attached hydrogen (secondary N) is 1. The van der Waals surface area contributed by atoms with Crippen molar-refractivity contribution in [2.45, 2.75) is 41.9 Å². The molecule has 0 spiro atoms.